The number of hydrogen-bond donors (Lipinski definition) is 1. The van der Waals surface area contributed by atoms with Crippen molar-refractivity contribution < 1.29 is 0 Å². The molecule has 0 bridgehead atoms. The minimum atomic E-state index is 0.226. The van der Waals surface area contributed by atoms with Crippen molar-refractivity contribution in [3.8, 4) is 0 Å². The third kappa shape index (κ3) is 3.84. The van der Waals surface area contributed by atoms with E-state index in [-0.39, 0.29) is 6.04 Å². The quantitative estimate of drug-likeness (QED) is 0.826. The Morgan fingerprint density at radius 1 is 1.29 bits per heavy atom. The first-order valence-corrected chi connectivity index (χ1v) is 6.75. The zero-order valence-electron chi connectivity index (χ0n) is 11.9. The van der Waals surface area contributed by atoms with Gasteiger partial charge in [-0.15, -0.1) is 0 Å². The zero-order valence-corrected chi connectivity index (χ0v) is 11.9. The van der Waals surface area contributed by atoms with E-state index in [9.17, 15) is 0 Å². The van der Waals surface area contributed by atoms with E-state index < -0.39 is 0 Å². The lowest BCUT2D eigenvalue weighted by atomic mass is 9.86. The van der Waals surface area contributed by atoms with Gasteiger partial charge in [-0.25, -0.2) is 0 Å². The fourth-order valence-electron chi connectivity index (χ4n) is 2.19. The summed E-state index contributed by atoms with van der Waals surface area (Å²) < 4.78 is 2.06. The molecule has 1 heterocycles. The van der Waals surface area contributed by atoms with Crippen LogP contribution in [0.5, 0.6) is 0 Å². The van der Waals surface area contributed by atoms with Crippen LogP contribution in [0.25, 0.3) is 0 Å². The molecule has 0 spiro atoms. The van der Waals surface area contributed by atoms with E-state index in [0.717, 1.165) is 12.8 Å². The molecule has 0 saturated carbocycles. The molecule has 3 nitrogen and oxygen atoms in total. The van der Waals surface area contributed by atoms with E-state index in [1.165, 1.54) is 5.69 Å². The molecule has 3 unspecified atom stereocenters. The molecule has 0 aliphatic heterocycles. The molecule has 0 saturated heterocycles. The monoisotopic (exact) mass is 237 g/mol. The number of hydrogen-bond acceptors (Lipinski definition) is 2. The van der Waals surface area contributed by atoms with Crippen LogP contribution >= 0.6 is 0 Å². The second-order valence-electron chi connectivity index (χ2n) is 5.52. The first-order chi connectivity index (χ1) is 7.95. The Hall–Kier alpha value is -0.830. The molecule has 2 N–H and O–H groups in total. The largest absolute Gasteiger partial charge is 0.328 e. The molecule has 3 heteroatoms. The Labute approximate surface area is 105 Å². The highest BCUT2D eigenvalue weighted by atomic mass is 15.3. The van der Waals surface area contributed by atoms with Crippen molar-refractivity contribution in [2.75, 3.05) is 0 Å². The molecule has 17 heavy (non-hydrogen) atoms. The summed E-state index contributed by atoms with van der Waals surface area (Å²) in [6.07, 6.45) is 4.18. The molecule has 0 aliphatic rings. The third-order valence-electron chi connectivity index (χ3n) is 3.68. The SMILES string of the molecule is CCC(C)n1ccc(CC(C(C)C)C(C)N)n1. The highest BCUT2D eigenvalue weighted by Crippen LogP contribution is 2.20. The van der Waals surface area contributed by atoms with E-state index in [2.05, 4.69) is 56.7 Å². The van der Waals surface area contributed by atoms with Gasteiger partial charge in [0.1, 0.15) is 0 Å². The van der Waals surface area contributed by atoms with E-state index >= 15 is 0 Å². The van der Waals surface area contributed by atoms with Crippen molar-refractivity contribution in [2.24, 2.45) is 17.6 Å². The van der Waals surface area contributed by atoms with Gasteiger partial charge in [-0.3, -0.25) is 4.68 Å². The fourth-order valence-corrected chi connectivity index (χ4v) is 2.19. The number of nitrogens with zero attached hydrogens (tertiary/aromatic N) is 2. The topological polar surface area (TPSA) is 43.8 Å². The molecule has 0 aliphatic carbocycles. The van der Waals surface area contributed by atoms with Gasteiger partial charge in [0.05, 0.1) is 5.69 Å². The molecule has 0 fully saturated rings. The Morgan fingerprint density at radius 3 is 2.41 bits per heavy atom. The molecule has 3 atom stereocenters. The van der Waals surface area contributed by atoms with Crippen LogP contribution in [-0.4, -0.2) is 15.8 Å². The average molecular weight is 237 g/mol. The van der Waals surface area contributed by atoms with Crippen LogP contribution in [0.2, 0.25) is 0 Å². The van der Waals surface area contributed by atoms with Gasteiger partial charge in [-0.05, 0) is 44.6 Å². The Morgan fingerprint density at radius 2 is 1.94 bits per heavy atom. The highest BCUT2D eigenvalue weighted by molar-refractivity contribution is 5.02. The van der Waals surface area contributed by atoms with Gasteiger partial charge in [-0.1, -0.05) is 20.8 Å². The molecule has 0 amide bonds. The maximum atomic E-state index is 6.04. The summed E-state index contributed by atoms with van der Waals surface area (Å²) in [6, 6.07) is 2.84. The van der Waals surface area contributed by atoms with Crippen LogP contribution in [0, 0.1) is 11.8 Å². The van der Waals surface area contributed by atoms with E-state index in [1.54, 1.807) is 0 Å². The molecule has 1 rings (SSSR count). The molecular weight excluding hydrogens is 210 g/mol. The standard InChI is InChI=1S/C14H27N3/c1-6-11(4)17-8-7-13(16-17)9-14(10(2)3)12(5)15/h7-8,10-12,14H,6,9,15H2,1-5H3. The second-order valence-corrected chi connectivity index (χ2v) is 5.52. The van der Waals surface area contributed by atoms with E-state index in [1.807, 2.05) is 0 Å². The van der Waals surface area contributed by atoms with Crippen molar-refractivity contribution in [3.05, 3.63) is 18.0 Å². The van der Waals surface area contributed by atoms with Gasteiger partial charge in [0, 0.05) is 18.3 Å². The number of nitrogens with two attached hydrogens (primary N) is 1. The Balaban J connectivity index is 2.70. The maximum absolute atomic E-state index is 6.04. The molecular formula is C14H27N3. The zero-order chi connectivity index (χ0) is 13.0. The molecule has 1 aromatic heterocycles. The smallest absolute Gasteiger partial charge is 0.0628 e. The lowest BCUT2D eigenvalue weighted by molar-refractivity contribution is 0.325. The Kier molecular flexibility index (Phi) is 5.19. The van der Waals surface area contributed by atoms with Crippen molar-refractivity contribution in [3.63, 3.8) is 0 Å². The van der Waals surface area contributed by atoms with Crippen LogP contribution in [-0.2, 0) is 6.42 Å². The summed E-state index contributed by atoms with van der Waals surface area (Å²) >= 11 is 0. The maximum Gasteiger partial charge on any atom is 0.0628 e. The Bertz CT molecular complexity index is 320. The van der Waals surface area contributed by atoms with Crippen LogP contribution in [0.1, 0.15) is 52.8 Å². The lowest BCUT2D eigenvalue weighted by Crippen LogP contribution is -2.32. The average Bonchev–Trinajstić information content (AvgIpc) is 2.72. The van der Waals surface area contributed by atoms with Crippen LogP contribution < -0.4 is 5.73 Å². The number of rotatable bonds is 6. The van der Waals surface area contributed by atoms with Crippen molar-refractivity contribution >= 4 is 0 Å². The second kappa shape index (κ2) is 6.20. The van der Waals surface area contributed by atoms with Gasteiger partial charge in [0.15, 0.2) is 0 Å². The first kappa shape index (κ1) is 14.2. The summed E-state index contributed by atoms with van der Waals surface area (Å²) in [6.45, 7) is 10.9. The summed E-state index contributed by atoms with van der Waals surface area (Å²) in [5.41, 5.74) is 7.21. The molecule has 0 radical (unpaired) electrons. The van der Waals surface area contributed by atoms with Gasteiger partial charge in [-0.2, -0.15) is 5.10 Å². The van der Waals surface area contributed by atoms with Gasteiger partial charge in [0.2, 0.25) is 0 Å². The van der Waals surface area contributed by atoms with Crippen molar-refractivity contribution in [1.82, 2.24) is 9.78 Å². The predicted molar refractivity (Wildman–Crippen MR) is 72.9 cm³/mol. The van der Waals surface area contributed by atoms with Gasteiger partial charge < -0.3 is 5.73 Å². The van der Waals surface area contributed by atoms with Crippen molar-refractivity contribution in [1.29, 1.82) is 0 Å². The highest BCUT2D eigenvalue weighted by Gasteiger charge is 2.19. The number of aromatic nitrogens is 2. The first-order valence-electron chi connectivity index (χ1n) is 6.75. The van der Waals surface area contributed by atoms with Crippen LogP contribution in [0.3, 0.4) is 0 Å². The molecule has 1 aromatic rings. The third-order valence-corrected chi connectivity index (χ3v) is 3.68. The van der Waals surface area contributed by atoms with Gasteiger partial charge >= 0.3 is 0 Å². The summed E-state index contributed by atoms with van der Waals surface area (Å²) in [4.78, 5) is 0. The van der Waals surface area contributed by atoms with E-state index in [4.69, 9.17) is 5.73 Å². The fraction of sp³-hybridized carbons (Fsp3) is 0.786. The minimum Gasteiger partial charge on any atom is -0.328 e. The van der Waals surface area contributed by atoms with Gasteiger partial charge in [0.25, 0.3) is 0 Å². The summed E-state index contributed by atoms with van der Waals surface area (Å²) in [5, 5.41) is 4.65. The normalized spacial score (nSPS) is 17.1. The van der Waals surface area contributed by atoms with E-state index in [0.29, 0.717) is 17.9 Å². The summed E-state index contributed by atoms with van der Waals surface area (Å²) in [7, 11) is 0. The predicted octanol–water partition coefficient (Wildman–Crippen LogP) is 3.02. The molecule has 0 aromatic carbocycles. The molecule has 98 valence electrons. The van der Waals surface area contributed by atoms with Crippen molar-refractivity contribution in [2.45, 2.75) is 59.5 Å². The van der Waals surface area contributed by atoms with Crippen LogP contribution in [0.15, 0.2) is 12.3 Å². The lowest BCUT2D eigenvalue weighted by Gasteiger charge is -2.23. The summed E-state index contributed by atoms with van der Waals surface area (Å²) in [5.74, 6) is 1.11. The van der Waals surface area contributed by atoms with Crippen LogP contribution in [0.4, 0.5) is 0 Å². The minimum absolute atomic E-state index is 0.226.